The highest BCUT2D eigenvalue weighted by molar-refractivity contribution is 7.47. The number of esters is 2. The first-order valence-electron chi connectivity index (χ1n) is 25.2. The second kappa shape index (κ2) is 43.5. The second-order valence-corrected chi connectivity index (χ2v) is 19.2. The van der Waals surface area contributed by atoms with Gasteiger partial charge in [-0.25, -0.2) is 4.57 Å². The number of phosphoric acid groups is 1. The van der Waals surface area contributed by atoms with Crippen molar-refractivity contribution in [3.8, 4) is 0 Å². The van der Waals surface area contributed by atoms with Gasteiger partial charge in [0.15, 0.2) is 6.10 Å². The van der Waals surface area contributed by atoms with E-state index in [0.717, 1.165) is 63.7 Å². The third-order valence-corrected chi connectivity index (χ3v) is 12.6. The fraction of sp³-hybridized carbons (Fsp3) is 0.918. The smallest absolute Gasteiger partial charge is 0.462 e. The van der Waals surface area contributed by atoms with Gasteiger partial charge in [0.05, 0.1) is 32.0 Å². The van der Waals surface area contributed by atoms with Gasteiger partial charge in [0.1, 0.15) is 12.7 Å². The average Bonchev–Trinajstić information content (AvgIpc) is 3.26. The third-order valence-electron chi connectivity index (χ3n) is 11.7. The van der Waals surface area contributed by atoms with E-state index in [2.05, 4.69) is 26.8 Å². The largest absolute Gasteiger partial charge is 0.472 e. The molecule has 0 aromatic heterocycles. The summed E-state index contributed by atoms with van der Waals surface area (Å²) in [4.78, 5) is 35.1. The SMILES string of the molecule is CCCCC/C=C\C[C@@H](O)[C@H](O)CCCCCCCC(=O)OC[C@H](COP(=O)(O)OC[C@@H](O)CO)OC(=O)CCCCCCCCCCCCCCCCCCCCC(C)CC. The fourth-order valence-corrected chi connectivity index (χ4v) is 8.02. The Morgan fingerprint density at radius 3 is 1.53 bits per heavy atom. The monoisotopic (exact) mass is 907 g/mol. The molecule has 2 unspecified atom stereocenters. The maximum atomic E-state index is 12.7. The average molecular weight is 907 g/mol. The van der Waals surface area contributed by atoms with Crippen LogP contribution in [0.2, 0.25) is 0 Å². The molecule has 0 aromatic carbocycles. The molecule has 0 fully saturated rings. The van der Waals surface area contributed by atoms with Gasteiger partial charge < -0.3 is 34.8 Å². The lowest BCUT2D eigenvalue weighted by atomic mass is 9.99. The van der Waals surface area contributed by atoms with Crippen molar-refractivity contribution in [1.82, 2.24) is 0 Å². The summed E-state index contributed by atoms with van der Waals surface area (Å²) in [7, 11) is -4.65. The molecule has 5 N–H and O–H groups in total. The van der Waals surface area contributed by atoms with Gasteiger partial charge in [0, 0.05) is 12.8 Å². The zero-order valence-electron chi connectivity index (χ0n) is 39.7. The summed E-state index contributed by atoms with van der Waals surface area (Å²) < 4.78 is 32.8. The zero-order chi connectivity index (χ0) is 45.9. The number of carbonyl (C=O) groups excluding carboxylic acids is 2. The Hall–Kier alpha value is -1.37. The van der Waals surface area contributed by atoms with Crippen LogP contribution in [0.4, 0.5) is 0 Å². The highest BCUT2D eigenvalue weighted by Crippen LogP contribution is 2.43. The number of ether oxygens (including phenoxy) is 2. The maximum absolute atomic E-state index is 12.7. The van der Waals surface area contributed by atoms with Gasteiger partial charge in [0.25, 0.3) is 0 Å². The summed E-state index contributed by atoms with van der Waals surface area (Å²) >= 11 is 0. The van der Waals surface area contributed by atoms with Crippen LogP contribution in [0.3, 0.4) is 0 Å². The van der Waals surface area contributed by atoms with E-state index in [1.54, 1.807) is 0 Å². The van der Waals surface area contributed by atoms with E-state index in [0.29, 0.717) is 25.7 Å². The van der Waals surface area contributed by atoms with Crippen LogP contribution in [-0.4, -0.2) is 88.1 Å². The predicted octanol–water partition coefficient (Wildman–Crippen LogP) is 11.8. The van der Waals surface area contributed by atoms with Gasteiger partial charge in [-0.05, 0) is 44.4 Å². The molecule has 13 heteroatoms. The number of aliphatic hydroxyl groups excluding tert-OH is 4. The number of hydrogen-bond acceptors (Lipinski definition) is 11. The van der Waals surface area contributed by atoms with Crippen LogP contribution in [-0.2, 0) is 32.7 Å². The highest BCUT2D eigenvalue weighted by Gasteiger charge is 2.27. The molecule has 0 aliphatic rings. The highest BCUT2D eigenvalue weighted by atomic mass is 31.2. The lowest BCUT2D eigenvalue weighted by Crippen LogP contribution is -2.29. The van der Waals surface area contributed by atoms with E-state index >= 15 is 0 Å². The van der Waals surface area contributed by atoms with E-state index in [1.807, 2.05) is 6.08 Å². The molecule has 0 aliphatic heterocycles. The summed E-state index contributed by atoms with van der Waals surface area (Å²) in [5.41, 5.74) is 0. The molecule has 0 aromatic rings. The number of aliphatic hydroxyl groups is 4. The first kappa shape index (κ1) is 60.6. The molecule has 0 spiro atoms. The minimum Gasteiger partial charge on any atom is -0.462 e. The molecule has 0 rings (SSSR count). The molecule has 0 amide bonds. The molecule has 0 saturated carbocycles. The first-order chi connectivity index (χ1) is 29.9. The normalized spacial score (nSPS) is 15.3. The summed E-state index contributed by atoms with van der Waals surface area (Å²) in [5, 5.41) is 38.8. The van der Waals surface area contributed by atoms with E-state index in [1.165, 1.54) is 116 Å². The Kier molecular flexibility index (Phi) is 42.6. The Morgan fingerprint density at radius 2 is 1.03 bits per heavy atom. The number of unbranched alkanes of at least 4 members (excludes halogenated alkanes) is 24. The molecule has 6 atom stereocenters. The van der Waals surface area contributed by atoms with Crippen molar-refractivity contribution in [3.05, 3.63) is 12.2 Å². The molecule has 62 heavy (non-hydrogen) atoms. The maximum Gasteiger partial charge on any atom is 0.472 e. The Morgan fingerprint density at radius 1 is 0.565 bits per heavy atom. The summed E-state index contributed by atoms with van der Waals surface area (Å²) in [6, 6.07) is 0. The molecule has 0 saturated heterocycles. The van der Waals surface area contributed by atoms with Crippen LogP contribution < -0.4 is 0 Å². The minimum atomic E-state index is -4.65. The second-order valence-electron chi connectivity index (χ2n) is 17.8. The topological polar surface area (TPSA) is 189 Å². The summed E-state index contributed by atoms with van der Waals surface area (Å²) in [6.07, 6.45) is 34.8. The first-order valence-corrected chi connectivity index (χ1v) is 26.7. The van der Waals surface area contributed by atoms with Crippen LogP contribution in [0.1, 0.15) is 233 Å². The number of rotatable bonds is 47. The van der Waals surface area contributed by atoms with Crippen LogP contribution >= 0.6 is 7.82 Å². The number of hydrogen-bond donors (Lipinski definition) is 5. The lowest BCUT2D eigenvalue weighted by molar-refractivity contribution is -0.161. The predicted molar refractivity (Wildman–Crippen MR) is 250 cm³/mol. The van der Waals surface area contributed by atoms with Crippen molar-refractivity contribution >= 4 is 19.8 Å². The summed E-state index contributed by atoms with van der Waals surface area (Å²) in [6.45, 7) is 4.57. The number of carbonyl (C=O) groups is 2. The van der Waals surface area contributed by atoms with Gasteiger partial charge in [0.2, 0.25) is 0 Å². The van der Waals surface area contributed by atoms with Gasteiger partial charge >= 0.3 is 19.8 Å². The van der Waals surface area contributed by atoms with Crippen LogP contribution in [0.25, 0.3) is 0 Å². The Balaban J connectivity index is 4.25. The van der Waals surface area contributed by atoms with Gasteiger partial charge in [-0.3, -0.25) is 18.6 Å². The molecule has 12 nitrogen and oxygen atoms in total. The van der Waals surface area contributed by atoms with E-state index in [9.17, 15) is 34.4 Å². The lowest BCUT2D eigenvalue weighted by Gasteiger charge is -2.20. The van der Waals surface area contributed by atoms with Gasteiger partial charge in [-0.15, -0.1) is 0 Å². The van der Waals surface area contributed by atoms with Crippen molar-refractivity contribution in [1.29, 1.82) is 0 Å². The van der Waals surface area contributed by atoms with Crippen molar-refractivity contribution in [3.63, 3.8) is 0 Å². The Labute approximate surface area is 378 Å². The fourth-order valence-electron chi connectivity index (χ4n) is 7.23. The summed E-state index contributed by atoms with van der Waals surface area (Å²) in [5.74, 6) is -0.138. The molecule has 0 aliphatic carbocycles. The van der Waals surface area contributed by atoms with Crippen molar-refractivity contribution in [2.45, 2.75) is 257 Å². The zero-order valence-corrected chi connectivity index (χ0v) is 40.6. The van der Waals surface area contributed by atoms with Crippen molar-refractivity contribution in [2.24, 2.45) is 5.92 Å². The molecule has 0 heterocycles. The third kappa shape index (κ3) is 41.3. The standard InChI is InChI=1S/C49H95O12P/c1-4-6-7-8-25-30-35-46(52)47(53)36-31-26-23-28-32-37-48(54)58-41-45(42-60-62(56,57)59-40-44(51)39-50)61-49(55)38-33-27-22-20-18-16-14-12-10-9-11-13-15-17-19-21-24-29-34-43(3)5-2/h25,30,43-47,50-53H,4-24,26-29,31-42H2,1-3H3,(H,56,57)/b30-25-/t43?,44-,45+,46+,47+/m0/s1. The van der Waals surface area contributed by atoms with Crippen LogP contribution in [0.15, 0.2) is 12.2 Å². The molecular weight excluding hydrogens is 812 g/mol. The number of allylic oxidation sites excluding steroid dienone is 1. The minimum absolute atomic E-state index is 0.146. The molecular formula is C49H95O12P. The van der Waals surface area contributed by atoms with Gasteiger partial charge in [-0.1, -0.05) is 193 Å². The molecule has 368 valence electrons. The van der Waals surface area contributed by atoms with E-state index in [4.69, 9.17) is 23.6 Å². The van der Waals surface area contributed by atoms with E-state index in [-0.39, 0.29) is 19.4 Å². The quantitative estimate of drug-likeness (QED) is 0.0168. The van der Waals surface area contributed by atoms with Crippen LogP contribution in [0.5, 0.6) is 0 Å². The van der Waals surface area contributed by atoms with Gasteiger partial charge in [-0.2, -0.15) is 0 Å². The molecule has 0 bridgehead atoms. The molecule has 0 radical (unpaired) electrons. The van der Waals surface area contributed by atoms with Crippen molar-refractivity contribution in [2.75, 3.05) is 26.4 Å². The Bertz CT molecular complexity index is 1090. The van der Waals surface area contributed by atoms with E-state index < -0.39 is 64.0 Å². The number of phosphoric ester groups is 1. The van der Waals surface area contributed by atoms with Crippen LogP contribution in [0, 0.1) is 5.92 Å². The van der Waals surface area contributed by atoms with Crippen molar-refractivity contribution < 1.29 is 58.0 Å².